The lowest BCUT2D eigenvalue weighted by Gasteiger charge is -2.40. The summed E-state index contributed by atoms with van der Waals surface area (Å²) < 4.78 is 38.5. The van der Waals surface area contributed by atoms with E-state index >= 15 is 8.78 Å². The summed E-state index contributed by atoms with van der Waals surface area (Å²) in [4.78, 5) is 43.1. The van der Waals surface area contributed by atoms with Gasteiger partial charge in [-0.25, -0.2) is 23.0 Å². The largest absolute Gasteiger partial charge is 0.454 e. The molecule has 1 saturated heterocycles. The zero-order valence-corrected chi connectivity index (χ0v) is 22.2. The van der Waals surface area contributed by atoms with Crippen molar-refractivity contribution in [3.8, 4) is 0 Å². The first kappa shape index (κ1) is 25.6. The van der Waals surface area contributed by atoms with Crippen LogP contribution < -0.4 is 10.6 Å². The summed E-state index contributed by atoms with van der Waals surface area (Å²) in [6, 6.07) is 6.75. The van der Waals surface area contributed by atoms with E-state index in [4.69, 9.17) is 4.42 Å². The van der Waals surface area contributed by atoms with E-state index in [0.29, 0.717) is 30.8 Å². The monoisotopic (exact) mass is 544 g/mol. The van der Waals surface area contributed by atoms with Crippen LogP contribution in [0, 0.1) is 11.6 Å². The molecule has 5 heterocycles. The van der Waals surface area contributed by atoms with Crippen LogP contribution in [0.5, 0.6) is 0 Å². The first-order chi connectivity index (χ1) is 19.2. The molecule has 1 aliphatic rings. The molecule has 2 bridgehead atoms. The van der Waals surface area contributed by atoms with Crippen LogP contribution in [0.1, 0.15) is 32.4 Å². The average molecular weight is 545 g/mol. The first-order valence-corrected chi connectivity index (χ1v) is 13.0. The van der Waals surface area contributed by atoms with Gasteiger partial charge in [-0.2, -0.15) is 4.98 Å². The number of piperazine rings is 1. The third-order valence-corrected chi connectivity index (χ3v) is 7.31. The lowest BCUT2D eigenvalue weighted by molar-refractivity contribution is -0.126. The van der Waals surface area contributed by atoms with Crippen LogP contribution in [0.3, 0.4) is 0 Å². The van der Waals surface area contributed by atoms with Crippen molar-refractivity contribution in [3.05, 3.63) is 77.0 Å². The van der Waals surface area contributed by atoms with Crippen molar-refractivity contribution >= 4 is 50.3 Å². The zero-order valence-electron chi connectivity index (χ0n) is 22.2. The Labute approximate surface area is 227 Å². The Morgan fingerprint density at radius 3 is 2.67 bits per heavy atom. The molecule has 40 heavy (non-hydrogen) atoms. The number of carbonyl (C=O) groups excluding carboxylic acids is 1. The summed E-state index contributed by atoms with van der Waals surface area (Å²) in [6.45, 7) is 10.4. The van der Waals surface area contributed by atoms with E-state index < -0.39 is 17.3 Å². The van der Waals surface area contributed by atoms with Crippen LogP contribution in [0.15, 0.2) is 58.4 Å². The summed E-state index contributed by atoms with van der Waals surface area (Å²) in [6.07, 6.45) is 2.81. The minimum atomic E-state index is -0.794. The van der Waals surface area contributed by atoms with Crippen molar-refractivity contribution in [1.29, 1.82) is 0 Å². The number of aromatic nitrogens is 4. The number of benzene rings is 1. The minimum Gasteiger partial charge on any atom is -0.454 e. The van der Waals surface area contributed by atoms with Crippen molar-refractivity contribution in [2.45, 2.75) is 32.7 Å². The van der Waals surface area contributed by atoms with E-state index in [0.717, 1.165) is 0 Å². The predicted molar refractivity (Wildman–Crippen MR) is 148 cm³/mol. The van der Waals surface area contributed by atoms with E-state index in [9.17, 15) is 9.59 Å². The molecule has 1 atom stereocenters. The second-order valence-corrected chi connectivity index (χ2v) is 10.2. The van der Waals surface area contributed by atoms with E-state index in [2.05, 4.69) is 21.5 Å². The summed E-state index contributed by atoms with van der Waals surface area (Å²) in [5.41, 5.74) is 0.273. The van der Waals surface area contributed by atoms with Gasteiger partial charge in [-0.15, -0.1) is 0 Å². The average Bonchev–Trinajstić information content (AvgIpc) is 2.98. The predicted octanol–water partition coefficient (Wildman–Crippen LogP) is 4.72. The van der Waals surface area contributed by atoms with Gasteiger partial charge in [-0.05, 0) is 37.1 Å². The molecule has 204 valence electrons. The van der Waals surface area contributed by atoms with Crippen LogP contribution >= 0.6 is 0 Å². The van der Waals surface area contributed by atoms with Crippen LogP contribution in [-0.4, -0.2) is 55.8 Å². The number of nitrogens with zero attached hydrogens (tertiary/aromatic N) is 6. The molecular weight excluding hydrogens is 518 g/mol. The number of pyridine rings is 2. The fraction of sp³-hybridized carbons (Fsp3) is 0.276. The lowest BCUT2D eigenvalue weighted by atomic mass is 10.1. The summed E-state index contributed by atoms with van der Waals surface area (Å²) in [5.74, 6) is -1.61. The third kappa shape index (κ3) is 3.92. The van der Waals surface area contributed by atoms with Gasteiger partial charge in [-0.3, -0.25) is 9.78 Å². The van der Waals surface area contributed by atoms with Crippen molar-refractivity contribution in [1.82, 2.24) is 24.3 Å². The van der Waals surface area contributed by atoms with Gasteiger partial charge >= 0.3 is 5.69 Å². The number of amides is 1. The van der Waals surface area contributed by atoms with E-state index in [-0.39, 0.29) is 56.8 Å². The molecule has 1 aliphatic heterocycles. The first-order valence-electron chi connectivity index (χ1n) is 13.0. The van der Waals surface area contributed by atoms with Gasteiger partial charge in [0, 0.05) is 37.9 Å². The molecule has 6 rings (SSSR count). The highest BCUT2D eigenvalue weighted by molar-refractivity contribution is 5.99. The van der Waals surface area contributed by atoms with Gasteiger partial charge in [0.2, 0.25) is 5.91 Å². The van der Waals surface area contributed by atoms with E-state index in [1.807, 2.05) is 25.7 Å². The van der Waals surface area contributed by atoms with E-state index in [1.165, 1.54) is 34.7 Å². The summed E-state index contributed by atoms with van der Waals surface area (Å²) >= 11 is 0. The molecule has 0 unspecified atom stereocenters. The zero-order chi connectivity index (χ0) is 28.3. The molecule has 1 aromatic carbocycles. The van der Waals surface area contributed by atoms with Gasteiger partial charge in [0.15, 0.2) is 17.0 Å². The lowest BCUT2D eigenvalue weighted by Crippen LogP contribution is -2.54. The molecule has 0 N–H and O–H groups in total. The molecule has 11 heteroatoms. The molecule has 0 radical (unpaired) electrons. The molecule has 1 fully saturated rings. The van der Waals surface area contributed by atoms with Gasteiger partial charge in [-0.1, -0.05) is 26.5 Å². The normalized spacial score (nSPS) is 16.0. The van der Waals surface area contributed by atoms with Crippen LogP contribution in [0.2, 0.25) is 0 Å². The Balaban J connectivity index is 1.78. The topological polar surface area (TPSA) is 96.8 Å². The summed E-state index contributed by atoms with van der Waals surface area (Å²) in [5, 5.41) is 0.112. The van der Waals surface area contributed by atoms with Crippen LogP contribution in [0.25, 0.3) is 38.6 Å². The SMILES string of the molecule is C=CC(=O)N1CCN(c2nc(=O)n3c4nc(c(F)cc24)c2c(F)cccc2oc2ccnc(C(C)C)c23)[C@@H](C)C1. The van der Waals surface area contributed by atoms with Crippen molar-refractivity contribution in [2.24, 2.45) is 0 Å². The van der Waals surface area contributed by atoms with Crippen LogP contribution in [0.4, 0.5) is 14.6 Å². The number of hydrogen-bond donors (Lipinski definition) is 0. The third-order valence-electron chi connectivity index (χ3n) is 7.31. The fourth-order valence-corrected chi connectivity index (χ4v) is 5.42. The standard InChI is InChI=1S/C29H26F2N6O3/c1-5-22(38)35-11-12-36(16(4)14-35)27-17-13-19(31)25-23-18(30)7-6-8-20(23)40-21-9-10-32-24(15(2)3)26(21)37(28(17)33-25)29(39)34-27/h5-10,13,15-16H,1,11-12,14H2,2-4H3/t16-/m0/s1. The van der Waals surface area contributed by atoms with Gasteiger partial charge in [0.1, 0.15) is 28.3 Å². The Morgan fingerprint density at radius 1 is 1.15 bits per heavy atom. The van der Waals surface area contributed by atoms with Gasteiger partial charge in [0.25, 0.3) is 0 Å². The molecular formula is C29H26F2N6O3. The van der Waals surface area contributed by atoms with Crippen molar-refractivity contribution in [2.75, 3.05) is 24.5 Å². The maximum absolute atomic E-state index is 15.9. The Bertz CT molecular complexity index is 1950. The minimum absolute atomic E-state index is 0.0542. The summed E-state index contributed by atoms with van der Waals surface area (Å²) in [7, 11) is 0. The maximum Gasteiger partial charge on any atom is 0.356 e. The Hall–Kier alpha value is -4.67. The fourth-order valence-electron chi connectivity index (χ4n) is 5.42. The highest BCUT2D eigenvalue weighted by atomic mass is 19.1. The molecule has 5 aromatic rings. The number of hydrogen-bond acceptors (Lipinski definition) is 7. The second kappa shape index (κ2) is 9.51. The smallest absolute Gasteiger partial charge is 0.356 e. The molecule has 9 nitrogen and oxygen atoms in total. The highest BCUT2D eigenvalue weighted by Crippen LogP contribution is 2.33. The Morgan fingerprint density at radius 2 is 1.95 bits per heavy atom. The molecule has 1 amide bonds. The number of anilines is 1. The van der Waals surface area contributed by atoms with Gasteiger partial charge in [0.05, 0.1) is 16.5 Å². The quantitative estimate of drug-likeness (QED) is 0.303. The number of fused-ring (bicyclic) bond motifs is 5. The number of carbonyl (C=O) groups is 1. The van der Waals surface area contributed by atoms with Crippen molar-refractivity contribution in [3.63, 3.8) is 0 Å². The molecule has 0 saturated carbocycles. The van der Waals surface area contributed by atoms with Crippen molar-refractivity contribution < 1.29 is 18.0 Å². The molecule has 4 aromatic heterocycles. The highest BCUT2D eigenvalue weighted by Gasteiger charge is 2.30. The molecule has 0 spiro atoms. The van der Waals surface area contributed by atoms with Crippen LogP contribution in [-0.2, 0) is 4.79 Å². The Kier molecular flexibility index (Phi) is 6.09. The second-order valence-electron chi connectivity index (χ2n) is 10.2. The maximum atomic E-state index is 15.9. The molecule has 0 aliphatic carbocycles. The van der Waals surface area contributed by atoms with Gasteiger partial charge < -0.3 is 14.2 Å². The van der Waals surface area contributed by atoms with E-state index in [1.54, 1.807) is 17.2 Å². The number of halogens is 2. The number of rotatable bonds is 3.